The average Bonchev–Trinajstić information content (AvgIpc) is 3.09. The van der Waals surface area contributed by atoms with E-state index in [0.29, 0.717) is 36.3 Å². The summed E-state index contributed by atoms with van der Waals surface area (Å²) in [6, 6.07) is 3.59. The molecule has 4 heterocycles. The first-order valence-electron chi connectivity index (χ1n) is 9.67. The second kappa shape index (κ2) is 6.96. The Balaban J connectivity index is 1.64. The van der Waals surface area contributed by atoms with Crippen molar-refractivity contribution in [2.24, 2.45) is 0 Å². The maximum atomic E-state index is 15.0. The highest BCUT2D eigenvalue weighted by atomic mass is 19.1. The predicted octanol–water partition coefficient (Wildman–Crippen LogP) is 2.19. The third-order valence-corrected chi connectivity index (χ3v) is 5.57. The highest BCUT2D eigenvalue weighted by Crippen LogP contribution is 2.27. The quantitative estimate of drug-likeness (QED) is 0.528. The van der Waals surface area contributed by atoms with Gasteiger partial charge >= 0.3 is 0 Å². The van der Waals surface area contributed by atoms with Gasteiger partial charge in [-0.2, -0.15) is 0 Å². The third-order valence-electron chi connectivity index (χ3n) is 5.57. The molecule has 0 radical (unpaired) electrons. The molecule has 1 aliphatic heterocycles. The first kappa shape index (κ1) is 18.8. The highest BCUT2D eigenvalue weighted by molar-refractivity contribution is 5.84. The fourth-order valence-corrected chi connectivity index (χ4v) is 4.10. The van der Waals surface area contributed by atoms with E-state index >= 15 is 4.39 Å². The van der Waals surface area contributed by atoms with Gasteiger partial charge in [0, 0.05) is 24.5 Å². The summed E-state index contributed by atoms with van der Waals surface area (Å²) >= 11 is 0. The van der Waals surface area contributed by atoms with E-state index in [2.05, 4.69) is 15.3 Å². The number of nitrogens with zero attached hydrogens (tertiary/aromatic N) is 4. The van der Waals surface area contributed by atoms with Crippen LogP contribution < -0.4 is 10.9 Å². The number of fused-ring (bicyclic) bond motifs is 2. The fourth-order valence-electron chi connectivity index (χ4n) is 4.10. The number of aliphatic hydroxyl groups excluding tert-OH is 1. The minimum absolute atomic E-state index is 0.146. The zero-order chi connectivity index (χ0) is 21.0. The Hall–Kier alpha value is -3.17. The van der Waals surface area contributed by atoms with Crippen molar-refractivity contribution in [3.63, 3.8) is 0 Å². The zero-order valence-corrected chi connectivity index (χ0v) is 16.1. The fraction of sp³-hybridized carbons (Fsp3) is 0.286. The summed E-state index contributed by atoms with van der Waals surface area (Å²) in [6.45, 7) is 2.77. The first-order valence-corrected chi connectivity index (χ1v) is 9.67. The lowest BCUT2D eigenvalue weighted by molar-refractivity contribution is 0.0852. The van der Waals surface area contributed by atoms with Gasteiger partial charge in [0.25, 0.3) is 5.56 Å². The molecule has 1 aliphatic rings. The van der Waals surface area contributed by atoms with Crippen LogP contribution in [0, 0.1) is 18.6 Å². The molecule has 1 fully saturated rings. The summed E-state index contributed by atoms with van der Waals surface area (Å²) in [7, 11) is 0. The molecule has 0 amide bonds. The number of hydrogen-bond acceptors (Lipinski definition) is 5. The number of halogens is 2. The minimum atomic E-state index is -0.758. The Bertz CT molecular complexity index is 1350. The molecule has 30 heavy (non-hydrogen) atoms. The largest absolute Gasteiger partial charge is 0.390 e. The van der Waals surface area contributed by atoms with Gasteiger partial charge in [0.15, 0.2) is 11.5 Å². The molecule has 0 unspecified atom stereocenters. The van der Waals surface area contributed by atoms with E-state index < -0.39 is 29.3 Å². The van der Waals surface area contributed by atoms with Gasteiger partial charge in [-0.25, -0.2) is 18.7 Å². The van der Waals surface area contributed by atoms with Gasteiger partial charge in [-0.1, -0.05) is 0 Å². The zero-order valence-electron chi connectivity index (χ0n) is 16.1. The molecule has 1 aromatic carbocycles. The third kappa shape index (κ3) is 2.98. The first-order chi connectivity index (χ1) is 14.4. The molecule has 154 valence electrons. The van der Waals surface area contributed by atoms with Crippen LogP contribution in [0.4, 0.5) is 8.78 Å². The topological polar surface area (TPSA) is 84.5 Å². The van der Waals surface area contributed by atoms with Crippen molar-refractivity contribution in [3.05, 3.63) is 64.6 Å². The van der Waals surface area contributed by atoms with Crippen LogP contribution in [0.15, 0.2) is 41.7 Å². The van der Waals surface area contributed by atoms with Crippen LogP contribution in [0.1, 0.15) is 18.2 Å². The Kier molecular flexibility index (Phi) is 4.37. The van der Waals surface area contributed by atoms with Crippen LogP contribution in [0.25, 0.3) is 27.7 Å². The van der Waals surface area contributed by atoms with Crippen molar-refractivity contribution < 1.29 is 13.9 Å². The van der Waals surface area contributed by atoms with Gasteiger partial charge in [0.1, 0.15) is 11.2 Å². The van der Waals surface area contributed by atoms with E-state index in [-0.39, 0.29) is 16.6 Å². The molecule has 0 spiro atoms. The monoisotopic (exact) mass is 411 g/mol. The average molecular weight is 411 g/mol. The molecule has 9 heteroatoms. The van der Waals surface area contributed by atoms with E-state index in [0.717, 1.165) is 0 Å². The second-order valence-corrected chi connectivity index (χ2v) is 7.63. The smallest absolute Gasteiger partial charge is 0.264 e. The summed E-state index contributed by atoms with van der Waals surface area (Å²) in [5.74, 6) is -1.26. The standard InChI is InChI=1S/C21H19F2N5O2/c1-11-8-27-9-13(5-15(23)20(27)26-11)12-4-14(22)19-16(6-12)25-10-28(21(19)30)17-2-3-24-7-18(17)29/h4-6,8-10,17-18,24,29H,2-3,7H2,1H3/t17-,18+/m1/s1. The molecule has 2 N–H and O–H groups in total. The number of aliphatic hydroxyl groups is 1. The number of nitrogens with one attached hydrogen (secondary N) is 1. The number of piperidine rings is 1. The van der Waals surface area contributed by atoms with Crippen molar-refractivity contribution in [2.75, 3.05) is 13.1 Å². The summed E-state index contributed by atoms with van der Waals surface area (Å²) in [5.41, 5.74) is 1.34. The number of benzene rings is 1. The molecule has 0 aliphatic carbocycles. The number of pyridine rings is 1. The second-order valence-electron chi connectivity index (χ2n) is 7.63. The Morgan fingerprint density at radius 3 is 2.77 bits per heavy atom. The summed E-state index contributed by atoms with van der Waals surface area (Å²) in [6.07, 6.45) is 4.46. The summed E-state index contributed by atoms with van der Waals surface area (Å²) in [4.78, 5) is 21.3. The van der Waals surface area contributed by atoms with Gasteiger partial charge in [-0.05, 0) is 43.7 Å². The number of aryl methyl sites for hydroxylation is 1. The van der Waals surface area contributed by atoms with E-state index in [1.807, 2.05) is 0 Å². The van der Waals surface area contributed by atoms with Crippen LogP contribution in [-0.2, 0) is 0 Å². The van der Waals surface area contributed by atoms with Crippen LogP contribution in [-0.4, -0.2) is 43.2 Å². The van der Waals surface area contributed by atoms with Crippen LogP contribution >= 0.6 is 0 Å². The molecule has 0 saturated carbocycles. The molecule has 3 aromatic heterocycles. The number of rotatable bonds is 2. The predicted molar refractivity (Wildman–Crippen MR) is 107 cm³/mol. The molecular weight excluding hydrogens is 392 g/mol. The maximum Gasteiger partial charge on any atom is 0.264 e. The lowest BCUT2D eigenvalue weighted by atomic mass is 10.0. The van der Waals surface area contributed by atoms with E-state index in [1.165, 1.54) is 23.0 Å². The lowest BCUT2D eigenvalue weighted by Gasteiger charge is -2.29. The number of imidazole rings is 1. The molecular formula is C21H19F2N5O2. The van der Waals surface area contributed by atoms with Crippen LogP contribution in [0.5, 0.6) is 0 Å². The normalized spacial score (nSPS) is 19.6. The van der Waals surface area contributed by atoms with Crippen molar-refractivity contribution in [1.29, 1.82) is 0 Å². The van der Waals surface area contributed by atoms with Crippen LogP contribution in [0.3, 0.4) is 0 Å². The van der Waals surface area contributed by atoms with Gasteiger partial charge < -0.3 is 14.8 Å². The molecule has 1 saturated heterocycles. The summed E-state index contributed by atoms with van der Waals surface area (Å²) in [5, 5.41) is 13.1. The minimum Gasteiger partial charge on any atom is -0.390 e. The van der Waals surface area contributed by atoms with Gasteiger partial charge in [-0.3, -0.25) is 9.36 Å². The molecule has 2 atom stereocenters. The van der Waals surface area contributed by atoms with Gasteiger partial charge in [0.2, 0.25) is 0 Å². The number of aromatic nitrogens is 4. The van der Waals surface area contributed by atoms with E-state index in [1.54, 1.807) is 29.8 Å². The number of β-amino-alcohol motifs (C(OH)–C–C–N with tert-alkyl or cyclic N) is 1. The molecule has 7 nitrogen and oxygen atoms in total. The Morgan fingerprint density at radius 2 is 1.97 bits per heavy atom. The lowest BCUT2D eigenvalue weighted by Crippen LogP contribution is -2.44. The van der Waals surface area contributed by atoms with E-state index in [4.69, 9.17) is 0 Å². The van der Waals surface area contributed by atoms with Crippen molar-refractivity contribution >= 4 is 16.6 Å². The molecule has 5 rings (SSSR count). The van der Waals surface area contributed by atoms with E-state index in [9.17, 15) is 14.3 Å². The van der Waals surface area contributed by atoms with Crippen molar-refractivity contribution in [2.45, 2.75) is 25.5 Å². The van der Waals surface area contributed by atoms with Crippen LogP contribution in [0.2, 0.25) is 0 Å². The van der Waals surface area contributed by atoms with Crippen molar-refractivity contribution in [1.82, 2.24) is 24.3 Å². The molecule has 0 bridgehead atoms. The summed E-state index contributed by atoms with van der Waals surface area (Å²) < 4.78 is 32.3. The van der Waals surface area contributed by atoms with Gasteiger partial charge in [0.05, 0.1) is 29.7 Å². The highest BCUT2D eigenvalue weighted by Gasteiger charge is 2.26. The Morgan fingerprint density at radius 1 is 1.17 bits per heavy atom. The Labute approximate surface area is 169 Å². The number of hydrogen-bond donors (Lipinski definition) is 2. The maximum absolute atomic E-state index is 15.0. The molecule has 4 aromatic rings. The van der Waals surface area contributed by atoms with Gasteiger partial charge in [-0.15, -0.1) is 0 Å². The SMILES string of the molecule is Cc1cn2cc(-c3cc(F)c4c(=O)n([C@@H]5CCNC[C@@H]5O)cnc4c3)cc(F)c2n1. The van der Waals surface area contributed by atoms with Crippen molar-refractivity contribution in [3.8, 4) is 11.1 Å².